The van der Waals surface area contributed by atoms with Gasteiger partial charge in [0.25, 0.3) is 12.3 Å². The van der Waals surface area contributed by atoms with Gasteiger partial charge in [-0.3, -0.25) is 28.9 Å². The van der Waals surface area contributed by atoms with Gasteiger partial charge in [-0.1, -0.05) is 17.7 Å². The van der Waals surface area contributed by atoms with Crippen LogP contribution >= 0.6 is 11.6 Å². The van der Waals surface area contributed by atoms with Gasteiger partial charge < -0.3 is 5.32 Å². The minimum absolute atomic E-state index is 0.0412. The van der Waals surface area contributed by atoms with E-state index in [1.165, 1.54) is 16.9 Å². The molecule has 1 unspecified atom stereocenters. The number of carbonyl (C=O) groups is 1. The summed E-state index contributed by atoms with van der Waals surface area (Å²) in [5.74, 6) is -8.17. The molecule has 3 aliphatic rings. The quantitative estimate of drug-likeness (QED) is 0.153. The fourth-order valence-corrected chi connectivity index (χ4v) is 8.31. The van der Waals surface area contributed by atoms with Crippen molar-refractivity contribution in [3.05, 3.63) is 87.0 Å². The first kappa shape index (κ1) is 35.1. The van der Waals surface area contributed by atoms with Crippen LogP contribution < -0.4 is 10.0 Å². The van der Waals surface area contributed by atoms with E-state index in [9.17, 15) is 30.8 Å². The second-order valence-electron chi connectivity index (χ2n) is 13.4. The van der Waals surface area contributed by atoms with E-state index in [-0.39, 0.29) is 45.9 Å². The first-order valence-electron chi connectivity index (χ1n) is 16.2. The van der Waals surface area contributed by atoms with Crippen molar-refractivity contribution < 1.29 is 39.6 Å². The zero-order chi connectivity index (χ0) is 37.7. The lowest BCUT2D eigenvalue weighted by Crippen LogP contribution is -2.35. The lowest BCUT2D eigenvalue weighted by molar-refractivity contribution is -0.123. The van der Waals surface area contributed by atoms with Gasteiger partial charge in [0.2, 0.25) is 15.9 Å². The Kier molecular flexibility index (Phi) is 8.14. The molecule has 1 aliphatic heterocycles. The van der Waals surface area contributed by atoms with Crippen molar-refractivity contribution in [3.63, 3.8) is 0 Å². The Morgan fingerprint density at radius 3 is 2.55 bits per heavy atom. The predicted octanol–water partition coefficient (Wildman–Crippen LogP) is 6.64. The fourth-order valence-electron chi connectivity index (χ4n) is 7.58. The number of anilines is 1. The summed E-state index contributed by atoms with van der Waals surface area (Å²) in [6.45, 7) is -0.871. The average Bonchev–Trinajstić information content (AvgIpc) is 3.28. The summed E-state index contributed by atoms with van der Waals surface area (Å²) in [4.78, 5) is 23.1. The third-order valence-corrected chi connectivity index (χ3v) is 10.5. The number of aromatic nitrogens is 5. The van der Waals surface area contributed by atoms with Crippen LogP contribution in [0.4, 0.5) is 37.8 Å². The van der Waals surface area contributed by atoms with E-state index in [1.807, 2.05) is 0 Å². The normalized spacial score (nSPS) is 18.7. The Morgan fingerprint density at radius 1 is 1.11 bits per heavy atom. The fraction of sp³-hybridized carbons (Fsp3) is 0.324. The predicted molar refractivity (Wildman–Crippen MR) is 182 cm³/mol. The van der Waals surface area contributed by atoms with E-state index < -0.39 is 75.7 Å². The Bertz CT molecular complexity index is 2500. The Labute approximate surface area is 302 Å². The molecule has 0 bridgehead atoms. The molecule has 0 saturated heterocycles. The van der Waals surface area contributed by atoms with Crippen molar-refractivity contribution in [1.29, 1.82) is 0 Å². The number of hydrogen-bond donors (Lipinski definition) is 2. The zero-order valence-corrected chi connectivity index (χ0v) is 29.2. The number of aryl methyl sites for hydroxylation is 1. The van der Waals surface area contributed by atoms with E-state index >= 15 is 8.78 Å². The molecular weight excluding hydrogens is 750 g/mol. The van der Waals surface area contributed by atoms with Crippen molar-refractivity contribution in [1.82, 2.24) is 29.9 Å². The van der Waals surface area contributed by atoms with E-state index in [2.05, 4.69) is 30.2 Å². The Morgan fingerprint density at radius 2 is 1.85 bits per heavy atom. The molecule has 19 heteroatoms. The number of carbonyl (C=O) groups excluding carboxylic acids is 1. The second kappa shape index (κ2) is 12.3. The number of halogens is 7. The number of amides is 1. The Hall–Kier alpha value is -4.97. The van der Waals surface area contributed by atoms with E-state index in [0.717, 1.165) is 18.4 Å². The van der Waals surface area contributed by atoms with Gasteiger partial charge in [-0.05, 0) is 42.5 Å². The zero-order valence-electron chi connectivity index (χ0n) is 27.6. The van der Waals surface area contributed by atoms with Crippen molar-refractivity contribution in [2.75, 3.05) is 11.0 Å². The molecule has 2 aliphatic carbocycles. The van der Waals surface area contributed by atoms with E-state index in [1.54, 1.807) is 19.3 Å². The highest BCUT2D eigenvalue weighted by Gasteiger charge is 2.67. The van der Waals surface area contributed by atoms with Crippen LogP contribution in [-0.4, -0.2) is 51.3 Å². The maximum Gasteiger partial charge on any atom is 0.293 e. The molecule has 1 saturated carbocycles. The standard InChI is InChI=1S/C34H27ClF6N8O3S/c1-48-30-18(3-4-21(35)26(30)33(46-48)47-53(2,51)52)24-27-15(5-6-42-27)12-43-28(24)22(9-14-7-16(36)10-17(37)8-14)44-23(50)13-49-31-25(29(45-49)32(38)39)19-11-20(19)34(31,40)41/h3-4,6-8,10,12,19-20,22,32H,5,9,11,13H2,1-2H3,(H,44,50)(H,46,47)/t19-,20+,22?/m0/s1. The monoisotopic (exact) mass is 776 g/mol. The van der Waals surface area contributed by atoms with Gasteiger partial charge >= 0.3 is 0 Å². The highest BCUT2D eigenvalue weighted by atomic mass is 35.5. The van der Waals surface area contributed by atoms with Crippen LogP contribution in [0.5, 0.6) is 0 Å². The molecule has 11 nitrogen and oxygen atoms in total. The molecule has 5 aromatic rings. The number of fused-ring (bicyclic) bond motifs is 5. The van der Waals surface area contributed by atoms with Gasteiger partial charge in [0.1, 0.15) is 29.6 Å². The number of benzene rings is 2. The topological polar surface area (TPSA) is 136 Å². The smallest absolute Gasteiger partial charge is 0.293 e. The van der Waals surface area contributed by atoms with Gasteiger partial charge in [-0.2, -0.15) is 19.0 Å². The molecule has 3 atom stereocenters. The van der Waals surface area contributed by atoms with Gasteiger partial charge in [0.15, 0.2) is 5.82 Å². The Balaban J connectivity index is 1.26. The average molecular weight is 777 g/mol. The molecule has 2 N–H and O–H groups in total. The maximum absolute atomic E-state index is 15.3. The molecule has 0 radical (unpaired) electrons. The van der Waals surface area contributed by atoms with Crippen LogP contribution in [0.2, 0.25) is 5.02 Å². The van der Waals surface area contributed by atoms with Crippen LogP contribution in [0.1, 0.15) is 58.6 Å². The van der Waals surface area contributed by atoms with Crippen molar-refractivity contribution in [2.24, 2.45) is 18.0 Å². The van der Waals surface area contributed by atoms with Gasteiger partial charge in [0, 0.05) is 60.1 Å². The number of hydrogen-bond acceptors (Lipinski definition) is 7. The number of rotatable bonds is 10. The van der Waals surface area contributed by atoms with E-state index in [4.69, 9.17) is 11.6 Å². The third-order valence-electron chi connectivity index (χ3n) is 9.66. The van der Waals surface area contributed by atoms with Crippen molar-refractivity contribution in [2.45, 2.75) is 50.1 Å². The largest absolute Gasteiger partial charge is 0.346 e. The van der Waals surface area contributed by atoms with Crippen molar-refractivity contribution >= 4 is 56.2 Å². The van der Waals surface area contributed by atoms with Gasteiger partial charge in [-0.25, -0.2) is 26.0 Å². The number of nitrogens with zero attached hydrogens (tertiary/aromatic N) is 6. The number of sulfonamides is 1. The number of aliphatic imine (C=N–C) groups is 1. The van der Waals surface area contributed by atoms with Gasteiger partial charge in [-0.15, -0.1) is 0 Å². The number of alkyl halides is 4. The highest BCUT2D eigenvalue weighted by Crippen LogP contribution is 2.68. The molecule has 8 rings (SSSR count). The molecule has 1 amide bonds. The molecule has 3 aromatic heterocycles. The highest BCUT2D eigenvalue weighted by molar-refractivity contribution is 7.92. The summed E-state index contributed by atoms with van der Waals surface area (Å²) in [7, 11) is -2.25. The van der Waals surface area contributed by atoms with Crippen LogP contribution in [0, 0.1) is 17.6 Å². The molecule has 1 fully saturated rings. The van der Waals surface area contributed by atoms with Crippen molar-refractivity contribution in [3.8, 4) is 11.1 Å². The maximum atomic E-state index is 15.3. The minimum Gasteiger partial charge on any atom is -0.346 e. The lowest BCUT2D eigenvalue weighted by atomic mass is 9.91. The summed E-state index contributed by atoms with van der Waals surface area (Å²) < 4.78 is 116. The SMILES string of the molecule is Cn1nc(NS(C)(=O)=O)c2c(Cl)ccc(-c3c(C(Cc4cc(F)cc(F)c4)NC(=O)Cn4nc(C(F)F)c5c4C(F)(F)[C@@H]4C[C@H]54)ncc4c3N=CC4)c21. The number of pyridine rings is 1. The summed E-state index contributed by atoms with van der Waals surface area (Å²) in [6.07, 6.45) is 1.11. The summed E-state index contributed by atoms with van der Waals surface area (Å²) in [5.41, 5.74) is 0.653. The molecule has 2 aromatic carbocycles. The first-order valence-corrected chi connectivity index (χ1v) is 18.5. The molecule has 276 valence electrons. The molecule has 0 spiro atoms. The van der Waals surface area contributed by atoms with Gasteiger partial charge in [0.05, 0.1) is 39.6 Å². The van der Waals surface area contributed by atoms with Crippen LogP contribution in [-0.2, 0) is 47.2 Å². The summed E-state index contributed by atoms with van der Waals surface area (Å²) >= 11 is 6.59. The van der Waals surface area contributed by atoms with Crippen LogP contribution in [0.15, 0.2) is 41.5 Å². The summed E-state index contributed by atoms with van der Waals surface area (Å²) in [6, 6.07) is 4.69. The molecular formula is C34H27ClF6N8O3S. The van der Waals surface area contributed by atoms with E-state index in [0.29, 0.717) is 45.1 Å². The molecule has 4 heterocycles. The number of nitrogens with one attached hydrogen (secondary N) is 2. The minimum atomic E-state index is -3.80. The second-order valence-corrected chi connectivity index (χ2v) is 15.5. The lowest BCUT2D eigenvalue weighted by Gasteiger charge is -2.24. The van der Waals surface area contributed by atoms with Crippen LogP contribution in [0.25, 0.3) is 22.0 Å². The summed E-state index contributed by atoms with van der Waals surface area (Å²) in [5, 5.41) is 11.2. The van der Waals surface area contributed by atoms with Crippen LogP contribution in [0.3, 0.4) is 0 Å². The third kappa shape index (κ3) is 6.00. The first-order chi connectivity index (χ1) is 25.0. The molecule has 53 heavy (non-hydrogen) atoms.